The summed E-state index contributed by atoms with van der Waals surface area (Å²) in [6.07, 6.45) is 0.794. The molecule has 0 radical (unpaired) electrons. The normalized spacial score (nSPS) is 16.1. The third kappa shape index (κ3) is 5.37. The molecule has 1 aliphatic rings. The minimum atomic E-state index is -0.437. The predicted molar refractivity (Wildman–Crippen MR) is 151 cm³/mol. The van der Waals surface area contributed by atoms with E-state index in [1.54, 1.807) is 4.57 Å². The Balaban J connectivity index is 1.52. The van der Waals surface area contributed by atoms with Crippen molar-refractivity contribution in [1.82, 2.24) is 14.9 Å². The molecule has 1 aliphatic heterocycles. The lowest BCUT2D eigenvalue weighted by molar-refractivity contribution is -0.120. The second kappa shape index (κ2) is 10.8. The lowest BCUT2D eigenvalue weighted by atomic mass is 9.96. The van der Waals surface area contributed by atoms with E-state index >= 15 is 0 Å². The minimum absolute atomic E-state index is 0.0832. The Kier molecular flexibility index (Phi) is 7.51. The van der Waals surface area contributed by atoms with Crippen molar-refractivity contribution in [3.63, 3.8) is 0 Å². The van der Waals surface area contributed by atoms with Gasteiger partial charge in [0.25, 0.3) is 5.56 Å². The van der Waals surface area contributed by atoms with Gasteiger partial charge in [-0.3, -0.25) is 14.2 Å². The molecule has 0 bridgehead atoms. The van der Waals surface area contributed by atoms with Crippen LogP contribution in [-0.2, 0) is 29.1 Å². The first kappa shape index (κ1) is 25.7. The van der Waals surface area contributed by atoms with Gasteiger partial charge in [-0.2, -0.15) is 0 Å². The number of thioether (sulfide) groups is 1. The van der Waals surface area contributed by atoms with Crippen molar-refractivity contribution < 1.29 is 9.53 Å². The van der Waals surface area contributed by atoms with Crippen LogP contribution in [0.2, 0.25) is 0 Å². The Bertz CT molecular complexity index is 1480. The molecular formula is C29H31N3O3S2. The summed E-state index contributed by atoms with van der Waals surface area (Å²) < 4.78 is 7.74. The number of carbonyl (C=O) groups excluding carboxylic acids is 1. The number of nitrogens with zero attached hydrogens (tertiary/aromatic N) is 2. The van der Waals surface area contributed by atoms with Gasteiger partial charge < -0.3 is 10.1 Å². The molecule has 6 nitrogen and oxygen atoms in total. The van der Waals surface area contributed by atoms with Crippen molar-refractivity contribution in [2.75, 3.05) is 0 Å². The van der Waals surface area contributed by atoms with Gasteiger partial charge >= 0.3 is 0 Å². The predicted octanol–water partition coefficient (Wildman–Crippen LogP) is 5.65. The third-order valence-electron chi connectivity index (χ3n) is 6.71. The van der Waals surface area contributed by atoms with Gasteiger partial charge in [0, 0.05) is 17.8 Å². The maximum absolute atomic E-state index is 14.1. The number of aryl methyl sites for hydroxylation is 1. The molecular weight excluding hydrogens is 502 g/mol. The average Bonchev–Trinajstić information content (AvgIpc) is 3.26. The molecule has 0 saturated carbocycles. The highest BCUT2D eigenvalue weighted by molar-refractivity contribution is 8.00. The van der Waals surface area contributed by atoms with Crippen molar-refractivity contribution >= 4 is 39.2 Å². The third-order valence-corrected chi connectivity index (χ3v) is 8.86. The number of ether oxygens (including phenoxy) is 1. The van der Waals surface area contributed by atoms with Gasteiger partial charge in [0.2, 0.25) is 5.91 Å². The van der Waals surface area contributed by atoms with Crippen molar-refractivity contribution in [3.8, 4) is 5.69 Å². The Morgan fingerprint density at radius 3 is 2.59 bits per heavy atom. The summed E-state index contributed by atoms with van der Waals surface area (Å²) in [5, 5.41) is 3.76. The van der Waals surface area contributed by atoms with Crippen LogP contribution in [0.4, 0.5) is 0 Å². The summed E-state index contributed by atoms with van der Waals surface area (Å²) >= 11 is 2.84. The molecule has 1 N–H and O–H groups in total. The molecule has 8 heteroatoms. The molecule has 2 aromatic carbocycles. The van der Waals surface area contributed by atoms with Gasteiger partial charge in [-0.05, 0) is 43.0 Å². The maximum atomic E-state index is 14.1. The summed E-state index contributed by atoms with van der Waals surface area (Å²) in [7, 11) is 0. The highest BCUT2D eigenvalue weighted by Gasteiger charge is 2.29. The molecule has 192 valence electrons. The van der Waals surface area contributed by atoms with Gasteiger partial charge in [-0.25, -0.2) is 4.98 Å². The van der Waals surface area contributed by atoms with Gasteiger partial charge in [-0.15, -0.1) is 11.3 Å². The first-order valence-corrected chi connectivity index (χ1v) is 14.3. The Labute approximate surface area is 225 Å². The van der Waals surface area contributed by atoms with E-state index in [9.17, 15) is 9.59 Å². The van der Waals surface area contributed by atoms with Crippen LogP contribution in [0.25, 0.3) is 15.9 Å². The Hall–Kier alpha value is -2.94. The number of nitrogens with one attached hydrogen (secondary N) is 1. The van der Waals surface area contributed by atoms with Crippen LogP contribution in [-0.4, -0.2) is 26.8 Å². The van der Waals surface area contributed by atoms with E-state index in [0.717, 1.165) is 27.3 Å². The van der Waals surface area contributed by atoms with Crippen molar-refractivity contribution in [2.45, 2.75) is 63.8 Å². The van der Waals surface area contributed by atoms with Crippen LogP contribution in [0.3, 0.4) is 0 Å². The van der Waals surface area contributed by atoms with Gasteiger partial charge in [0.1, 0.15) is 4.83 Å². The second-order valence-electron chi connectivity index (χ2n) is 9.82. The maximum Gasteiger partial charge on any atom is 0.267 e. The van der Waals surface area contributed by atoms with E-state index in [4.69, 9.17) is 9.72 Å². The smallest absolute Gasteiger partial charge is 0.267 e. The molecule has 4 aromatic rings. The number of hydrogen-bond donors (Lipinski definition) is 1. The summed E-state index contributed by atoms with van der Waals surface area (Å²) in [6.45, 7) is 9.12. The van der Waals surface area contributed by atoms with Gasteiger partial charge in [0.05, 0.1) is 29.0 Å². The Morgan fingerprint density at radius 2 is 1.89 bits per heavy atom. The molecule has 1 amide bonds. The highest BCUT2D eigenvalue weighted by atomic mass is 32.2. The van der Waals surface area contributed by atoms with Gasteiger partial charge in [0.15, 0.2) is 5.16 Å². The monoisotopic (exact) mass is 533 g/mol. The zero-order valence-electron chi connectivity index (χ0n) is 21.5. The topological polar surface area (TPSA) is 73.2 Å². The SMILES string of the molecule is Cc1ccc(-n2c(S[C@@H](C)C(=O)NCc3ccccc3)nc3sc4c(c3c2=O)C[C@@H](C(C)C)OC4)cc1. The standard InChI is InChI=1S/C29H31N3O3S2/c1-17(2)23-14-22-24(16-35-23)37-27-25(22)28(34)32(21-12-10-18(3)11-13-21)29(31-27)36-19(4)26(33)30-15-20-8-6-5-7-9-20/h5-13,17,19,23H,14-16H2,1-4H3,(H,30,33)/t19-,23-/m0/s1. The van der Waals surface area contributed by atoms with Crippen LogP contribution < -0.4 is 10.9 Å². The summed E-state index contributed by atoms with van der Waals surface area (Å²) in [5.74, 6) is 0.262. The average molecular weight is 534 g/mol. The zero-order chi connectivity index (χ0) is 26.1. The molecule has 0 unspecified atom stereocenters. The molecule has 0 aliphatic carbocycles. The minimum Gasteiger partial charge on any atom is -0.372 e. The number of amides is 1. The van der Waals surface area contributed by atoms with Crippen LogP contribution >= 0.6 is 23.1 Å². The lowest BCUT2D eigenvalue weighted by Crippen LogP contribution is -2.31. The van der Waals surface area contributed by atoms with Crippen LogP contribution in [0, 0.1) is 12.8 Å². The number of benzene rings is 2. The van der Waals surface area contributed by atoms with Crippen molar-refractivity contribution in [1.29, 1.82) is 0 Å². The number of thiophene rings is 1. The van der Waals surface area contributed by atoms with E-state index in [-0.39, 0.29) is 17.6 Å². The van der Waals surface area contributed by atoms with Gasteiger partial charge in [-0.1, -0.05) is 73.6 Å². The number of aromatic nitrogens is 2. The summed E-state index contributed by atoms with van der Waals surface area (Å²) in [6, 6.07) is 17.7. The molecule has 0 saturated heterocycles. The van der Waals surface area contributed by atoms with Crippen molar-refractivity contribution in [2.24, 2.45) is 5.92 Å². The fourth-order valence-corrected chi connectivity index (χ4v) is 6.59. The van der Waals surface area contributed by atoms with Crippen LogP contribution in [0.15, 0.2) is 64.5 Å². The van der Waals surface area contributed by atoms with E-state index < -0.39 is 5.25 Å². The zero-order valence-corrected chi connectivity index (χ0v) is 23.1. The number of hydrogen-bond acceptors (Lipinski definition) is 6. The quantitative estimate of drug-likeness (QED) is 0.246. The van der Waals surface area contributed by atoms with Crippen LogP contribution in [0.1, 0.15) is 42.3 Å². The first-order valence-electron chi connectivity index (χ1n) is 12.6. The van der Waals surface area contributed by atoms with Crippen molar-refractivity contribution in [3.05, 3.63) is 86.5 Å². The second-order valence-corrected chi connectivity index (χ2v) is 12.2. The molecule has 5 rings (SSSR count). The van der Waals surface area contributed by atoms with E-state index in [1.807, 2.05) is 68.4 Å². The van der Waals surface area contributed by atoms with E-state index in [2.05, 4.69) is 19.2 Å². The first-order chi connectivity index (χ1) is 17.8. The molecule has 37 heavy (non-hydrogen) atoms. The number of fused-ring (bicyclic) bond motifs is 3. The largest absolute Gasteiger partial charge is 0.372 e. The molecule has 2 aromatic heterocycles. The van der Waals surface area contributed by atoms with Crippen LogP contribution in [0.5, 0.6) is 0 Å². The number of rotatable bonds is 7. The summed E-state index contributed by atoms with van der Waals surface area (Å²) in [4.78, 5) is 33.8. The number of carbonyl (C=O) groups is 1. The molecule has 3 heterocycles. The fraction of sp³-hybridized carbons (Fsp3) is 0.345. The fourth-order valence-electron chi connectivity index (χ4n) is 4.48. The van der Waals surface area contributed by atoms with E-state index in [1.165, 1.54) is 23.1 Å². The Morgan fingerprint density at radius 1 is 1.16 bits per heavy atom. The molecule has 0 fully saturated rings. The highest BCUT2D eigenvalue weighted by Crippen LogP contribution is 2.36. The lowest BCUT2D eigenvalue weighted by Gasteiger charge is -2.26. The molecule has 0 spiro atoms. The summed E-state index contributed by atoms with van der Waals surface area (Å²) in [5.41, 5.74) is 3.87. The molecule has 2 atom stereocenters. The van der Waals surface area contributed by atoms with E-state index in [0.29, 0.717) is 40.9 Å².